The van der Waals surface area contributed by atoms with Crippen molar-refractivity contribution in [2.45, 2.75) is 31.0 Å². The van der Waals surface area contributed by atoms with E-state index >= 15 is 0 Å². The maximum absolute atomic E-state index is 12.6. The fourth-order valence-corrected chi connectivity index (χ4v) is 4.89. The molecule has 0 fully saturated rings. The van der Waals surface area contributed by atoms with Crippen molar-refractivity contribution in [3.05, 3.63) is 77.3 Å². The van der Waals surface area contributed by atoms with Gasteiger partial charge in [-0.25, -0.2) is 4.99 Å². The first-order valence-corrected chi connectivity index (χ1v) is 12.9. The fourth-order valence-electron chi connectivity index (χ4n) is 3.74. The van der Waals surface area contributed by atoms with Gasteiger partial charge in [-0.1, -0.05) is 29.8 Å². The van der Waals surface area contributed by atoms with Crippen molar-refractivity contribution in [3.8, 4) is 17.2 Å². The summed E-state index contributed by atoms with van der Waals surface area (Å²) in [6, 6.07) is 17.7. The molecule has 1 heterocycles. The molecular weight excluding hydrogens is 518 g/mol. The molecule has 1 aliphatic rings. The van der Waals surface area contributed by atoms with Gasteiger partial charge in [0.1, 0.15) is 34.4 Å². The summed E-state index contributed by atoms with van der Waals surface area (Å²) in [5, 5.41) is 0.356. The Hall–Kier alpha value is -3.96. The second kappa shape index (κ2) is 10.2. The molecule has 1 aliphatic heterocycles. The summed E-state index contributed by atoms with van der Waals surface area (Å²) >= 11 is 6.47. The molecule has 0 amide bonds. The summed E-state index contributed by atoms with van der Waals surface area (Å²) in [6.07, 6.45) is 0. The van der Waals surface area contributed by atoms with E-state index in [0.29, 0.717) is 22.2 Å². The molecule has 10 nitrogen and oxygen atoms in total. The van der Waals surface area contributed by atoms with Crippen molar-refractivity contribution >= 4 is 39.3 Å². The summed E-state index contributed by atoms with van der Waals surface area (Å²) in [5.41, 5.74) is 12.5. The van der Waals surface area contributed by atoms with E-state index in [1.165, 1.54) is 31.4 Å². The van der Waals surface area contributed by atoms with Crippen molar-refractivity contribution in [2.75, 3.05) is 12.0 Å². The molecule has 0 spiro atoms. The normalized spacial score (nSPS) is 15.0. The number of benzene rings is 3. The standard InChI is InChI=1S/C25H26ClN5O5S/c1-25(2)30-23(27)29-24(28)31(25)17-9-12-22(21(26)13-17)35-15-16-7-10-20(11-8-16)37(32,33)36-19-6-4-5-18(14-19)34-3/h4-14H,15H2,1-3H3,(H4,27,28,29,30). The third-order valence-corrected chi connectivity index (χ3v) is 6.98. The molecule has 4 rings (SSSR count). The van der Waals surface area contributed by atoms with Gasteiger partial charge in [0.05, 0.1) is 12.1 Å². The fraction of sp³-hybridized carbons (Fsp3) is 0.200. The van der Waals surface area contributed by atoms with Crippen molar-refractivity contribution in [1.29, 1.82) is 0 Å². The van der Waals surface area contributed by atoms with Crippen molar-refractivity contribution in [1.82, 2.24) is 0 Å². The van der Waals surface area contributed by atoms with Crippen LogP contribution in [0, 0.1) is 0 Å². The number of nitrogens with two attached hydrogens (primary N) is 2. The summed E-state index contributed by atoms with van der Waals surface area (Å²) in [4.78, 5) is 10.1. The highest BCUT2D eigenvalue weighted by Gasteiger charge is 2.33. The van der Waals surface area contributed by atoms with Gasteiger partial charge in [0.2, 0.25) is 11.9 Å². The number of rotatable bonds is 8. The van der Waals surface area contributed by atoms with Crippen molar-refractivity contribution in [3.63, 3.8) is 0 Å². The van der Waals surface area contributed by atoms with E-state index in [0.717, 1.165) is 5.56 Å². The topological polar surface area (TPSA) is 142 Å². The first kappa shape index (κ1) is 26.1. The lowest BCUT2D eigenvalue weighted by Crippen LogP contribution is -2.54. The first-order valence-electron chi connectivity index (χ1n) is 11.1. The van der Waals surface area contributed by atoms with Crippen LogP contribution in [0.15, 0.2) is 81.6 Å². The molecular formula is C25H26ClN5O5S. The van der Waals surface area contributed by atoms with Gasteiger partial charge in [0.25, 0.3) is 0 Å². The van der Waals surface area contributed by atoms with Gasteiger partial charge >= 0.3 is 10.1 Å². The number of ether oxygens (including phenoxy) is 2. The molecule has 12 heteroatoms. The van der Waals surface area contributed by atoms with Gasteiger partial charge in [0, 0.05) is 11.8 Å². The van der Waals surface area contributed by atoms with Gasteiger partial charge < -0.3 is 25.1 Å². The number of methoxy groups -OCH3 is 1. The van der Waals surface area contributed by atoms with E-state index in [2.05, 4.69) is 9.98 Å². The van der Waals surface area contributed by atoms with E-state index in [-0.39, 0.29) is 29.2 Å². The number of nitrogens with zero attached hydrogens (tertiary/aromatic N) is 3. The Morgan fingerprint density at radius 1 is 1.00 bits per heavy atom. The number of hydrogen-bond acceptors (Lipinski definition) is 10. The van der Waals surface area contributed by atoms with Gasteiger partial charge in [-0.05, 0) is 61.9 Å². The molecule has 3 aromatic rings. The molecule has 0 saturated heterocycles. The quantitative estimate of drug-likeness (QED) is 0.408. The largest absolute Gasteiger partial charge is 0.497 e. The highest BCUT2D eigenvalue weighted by Crippen LogP contribution is 2.34. The lowest BCUT2D eigenvalue weighted by atomic mass is 10.1. The number of guanidine groups is 2. The molecule has 4 N–H and O–H groups in total. The van der Waals surface area contributed by atoms with Crippen LogP contribution in [0.3, 0.4) is 0 Å². The Morgan fingerprint density at radius 3 is 2.35 bits per heavy atom. The maximum Gasteiger partial charge on any atom is 0.339 e. The Balaban J connectivity index is 1.43. The van der Waals surface area contributed by atoms with Gasteiger partial charge in [-0.3, -0.25) is 4.90 Å². The minimum atomic E-state index is -4.02. The Kier molecular flexibility index (Phi) is 7.19. The second-order valence-corrected chi connectivity index (χ2v) is 10.5. The van der Waals surface area contributed by atoms with Crippen LogP contribution >= 0.6 is 11.6 Å². The van der Waals surface area contributed by atoms with Crippen LogP contribution < -0.4 is 30.0 Å². The average molecular weight is 544 g/mol. The third-order valence-electron chi connectivity index (χ3n) is 5.42. The van der Waals surface area contributed by atoms with E-state index in [1.807, 2.05) is 13.8 Å². The molecule has 0 aliphatic carbocycles. The number of aliphatic imine (C=N–C) groups is 2. The minimum absolute atomic E-state index is 0.00755. The van der Waals surface area contributed by atoms with Crippen LogP contribution in [0.25, 0.3) is 0 Å². The zero-order chi connectivity index (χ0) is 26.8. The Labute approximate surface area is 220 Å². The van der Waals surface area contributed by atoms with Crippen molar-refractivity contribution < 1.29 is 22.1 Å². The molecule has 0 atom stereocenters. The Bertz CT molecular complexity index is 1470. The van der Waals surface area contributed by atoms with Crippen LogP contribution in [0.5, 0.6) is 17.2 Å². The van der Waals surface area contributed by atoms with Gasteiger partial charge in [0.15, 0.2) is 0 Å². The van der Waals surface area contributed by atoms with Gasteiger partial charge in [-0.2, -0.15) is 13.4 Å². The van der Waals surface area contributed by atoms with Crippen LogP contribution in [-0.2, 0) is 16.7 Å². The summed E-state index contributed by atoms with van der Waals surface area (Å²) in [6.45, 7) is 3.87. The molecule has 0 aromatic heterocycles. The molecule has 3 aromatic carbocycles. The summed E-state index contributed by atoms with van der Waals surface area (Å²) in [7, 11) is -2.53. The lowest BCUT2D eigenvalue weighted by Gasteiger charge is -2.38. The van der Waals surface area contributed by atoms with E-state index < -0.39 is 15.8 Å². The van der Waals surface area contributed by atoms with Crippen LogP contribution in [0.2, 0.25) is 5.02 Å². The zero-order valence-corrected chi connectivity index (χ0v) is 22.0. The molecule has 37 heavy (non-hydrogen) atoms. The predicted octanol–water partition coefficient (Wildman–Crippen LogP) is 3.88. The van der Waals surface area contributed by atoms with E-state index in [4.69, 9.17) is 36.7 Å². The number of hydrogen-bond donors (Lipinski definition) is 2. The lowest BCUT2D eigenvalue weighted by molar-refractivity contribution is 0.306. The first-order chi connectivity index (χ1) is 17.5. The molecule has 0 unspecified atom stereocenters. The van der Waals surface area contributed by atoms with Crippen LogP contribution in [-0.4, -0.2) is 33.1 Å². The second-order valence-electron chi connectivity index (χ2n) is 8.53. The molecule has 194 valence electrons. The van der Waals surface area contributed by atoms with Gasteiger partial charge in [-0.15, -0.1) is 0 Å². The summed E-state index contributed by atoms with van der Waals surface area (Å²) < 4.78 is 41.4. The number of halogens is 1. The predicted molar refractivity (Wildman–Crippen MR) is 143 cm³/mol. The molecule has 0 saturated carbocycles. The molecule has 0 bridgehead atoms. The van der Waals surface area contributed by atoms with E-state index in [9.17, 15) is 8.42 Å². The van der Waals surface area contributed by atoms with Crippen LogP contribution in [0.4, 0.5) is 5.69 Å². The number of anilines is 1. The van der Waals surface area contributed by atoms with Crippen LogP contribution in [0.1, 0.15) is 19.4 Å². The monoisotopic (exact) mass is 543 g/mol. The highest BCUT2D eigenvalue weighted by atomic mass is 35.5. The highest BCUT2D eigenvalue weighted by molar-refractivity contribution is 7.87. The minimum Gasteiger partial charge on any atom is -0.497 e. The zero-order valence-electron chi connectivity index (χ0n) is 20.4. The van der Waals surface area contributed by atoms with Crippen molar-refractivity contribution in [2.24, 2.45) is 21.5 Å². The molecule has 0 radical (unpaired) electrons. The average Bonchev–Trinajstić information content (AvgIpc) is 2.82. The van der Waals surface area contributed by atoms with E-state index in [1.54, 1.807) is 47.4 Å². The maximum atomic E-state index is 12.6. The SMILES string of the molecule is COc1cccc(OS(=O)(=O)c2ccc(COc3ccc(N4C(N)=NC(N)=NC4(C)C)cc3Cl)cc2)c1. The smallest absolute Gasteiger partial charge is 0.339 e. The summed E-state index contributed by atoms with van der Waals surface area (Å²) in [5.74, 6) is 1.39. The Morgan fingerprint density at radius 2 is 1.70 bits per heavy atom. The third kappa shape index (κ3) is 5.89.